The first-order chi connectivity index (χ1) is 14.4. The van der Waals surface area contributed by atoms with Crippen molar-refractivity contribution in [2.24, 2.45) is 0 Å². The molecule has 0 aromatic heterocycles. The normalized spacial score (nSPS) is 11.8. The largest absolute Gasteiger partial charge is 0.359 e. The van der Waals surface area contributed by atoms with Crippen molar-refractivity contribution in [2.75, 3.05) is 24.5 Å². The highest BCUT2D eigenvalue weighted by Crippen LogP contribution is 2.29. The van der Waals surface area contributed by atoms with Crippen LogP contribution in [0, 0.1) is 0 Å². The Hall–Kier alpha value is -2.33. The van der Waals surface area contributed by atoms with Crippen molar-refractivity contribution in [3.05, 3.63) is 60.7 Å². The van der Waals surface area contributed by atoms with E-state index in [1.54, 1.807) is 0 Å². The van der Waals surface area contributed by atoms with Gasteiger partial charge in [-0.2, -0.15) is 0 Å². The molecule has 1 amide bonds. The minimum atomic E-state index is 0.305. The van der Waals surface area contributed by atoms with E-state index in [0.717, 1.165) is 32.3 Å². The Bertz CT molecular complexity index is 608. The standard InChI is InChI=1S/C25H37N3O/c1-2-3-4-5-12-19-26-20-17-25(18-21-27-22-29)28(23-13-8-6-9-14-23)24-15-10-7-11-16-24/h6-11,13-16,22,25-26H,2-5,12,17-21H2,1H3,(H,27,29). The van der Waals surface area contributed by atoms with E-state index in [1.807, 2.05) is 0 Å². The summed E-state index contributed by atoms with van der Waals surface area (Å²) in [5, 5.41) is 6.46. The molecule has 0 aliphatic heterocycles. The molecule has 2 rings (SSSR count). The first-order valence-electron chi connectivity index (χ1n) is 11.1. The average Bonchev–Trinajstić information content (AvgIpc) is 2.77. The number of para-hydroxylation sites is 2. The van der Waals surface area contributed by atoms with Gasteiger partial charge in [-0.1, -0.05) is 69.0 Å². The molecule has 0 spiro atoms. The van der Waals surface area contributed by atoms with Gasteiger partial charge in [-0.3, -0.25) is 4.79 Å². The van der Waals surface area contributed by atoms with Crippen molar-refractivity contribution in [2.45, 2.75) is 57.9 Å². The summed E-state index contributed by atoms with van der Waals surface area (Å²) < 4.78 is 0. The lowest BCUT2D eigenvalue weighted by Gasteiger charge is -2.34. The Kier molecular flexibility index (Phi) is 11.6. The maximum Gasteiger partial charge on any atom is 0.207 e. The molecule has 0 saturated heterocycles. The molecule has 4 heteroatoms. The van der Waals surface area contributed by atoms with Crippen LogP contribution in [0.1, 0.15) is 51.9 Å². The first-order valence-corrected chi connectivity index (χ1v) is 11.1. The number of amides is 1. The van der Waals surface area contributed by atoms with Crippen LogP contribution in [0.25, 0.3) is 0 Å². The molecule has 29 heavy (non-hydrogen) atoms. The van der Waals surface area contributed by atoms with Crippen LogP contribution in [-0.2, 0) is 4.79 Å². The molecule has 4 nitrogen and oxygen atoms in total. The number of hydrogen-bond acceptors (Lipinski definition) is 3. The summed E-state index contributed by atoms with van der Waals surface area (Å²) in [5.74, 6) is 0. The highest BCUT2D eigenvalue weighted by Gasteiger charge is 2.20. The highest BCUT2D eigenvalue weighted by molar-refractivity contribution is 5.64. The monoisotopic (exact) mass is 395 g/mol. The van der Waals surface area contributed by atoms with Crippen LogP contribution >= 0.6 is 0 Å². The molecule has 0 heterocycles. The van der Waals surface area contributed by atoms with Gasteiger partial charge in [0.1, 0.15) is 0 Å². The van der Waals surface area contributed by atoms with Crippen molar-refractivity contribution < 1.29 is 4.79 Å². The maximum absolute atomic E-state index is 10.8. The quantitative estimate of drug-likeness (QED) is 0.300. The van der Waals surface area contributed by atoms with Crippen molar-refractivity contribution in [3.8, 4) is 0 Å². The summed E-state index contributed by atoms with van der Waals surface area (Å²) in [6.45, 7) is 5.00. The van der Waals surface area contributed by atoms with Crippen molar-refractivity contribution in [3.63, 3.8) is 0 Å². The van der Waals surface area contributed by atoms with E-state index >= 15 is 0 Å². The molecule has 0 saturated carbocycles. The van der Waals surface area contributed by atoms with Crippen LogP contribution in [0.3, 0.4) is 0 Å². The van der Waals surface area contributed by atoms with E-state index in [2.05, 4.69) is 83.1 Å². The lowest BCUT2D eigenvalue weighted by molar-refractivity contribution is -0.109. The Morgan fingerprint density at radius 3 is 1.97 bits per heavy atom. The second-order valence-electron chi connectivity index (χ2n) is 7.51. The molecular formula is C25H37N3O. The third-order valence-corrected chi connectivity index (χ3v) is 5.25. The van der Waals surface area contributed by atoms with Gasteiger partial charge < -0.3 is 15.5 Å². The molecule has 0 fully saturated rings. The van der Waals surface area contributed by atoms with Crippen molar-refractivity contribution in [1.82, 2.24) is 10.6 Å². The summed E-state index contributed by atoms with van der Waals surface area (Å²) in [6.07, 6.45) is 9.26. The lowest BCUT2D eigenvalue weighted by atomic mass is 10.0. The zero-order valence-corrected chi connectivity index (χ0v) is 17.9. The van der Waals surface area contributed by atoms with Gasteiger partial charge in [-0.05, 0) is 56.6 Å². The molecule has 0 radical (unpaired) electrons. The predicted octanol–water partition coefficient (Wildman–Crippen LogP) is 5.28. The van der Waals surface area contributed by atoms with Crippen LogP contribution < -0.4 is 15.5 Å². The van der Waals surface area contributed by atoms with Crippen molar-refractivity contribution >= 4 is 17.8 Å². The topological polar surface area (TPSA) is 44.4 Å². The van der Waals surface area contributed by atoms with Crippen LogP contribution in [0.2, 0.25) is 0 Å². The molecule has 2 N–H and O–H groups in total. The third-order valence-electron chi connectivity index (χ3n) is 5.25. The Morgan fingerprint density at radius 1 is 0.793 bits per heavy atom. The molecular weight excluding hydrogens is 358 g/mol. The Morgan fingerprint density at radius 2 is 1.38 bits per heavy atom. The van der Waals surface area contributed by atoms with Crippen LogP contribution in [0.5, 0.6) is 0 Å². The number of carbonyl (C=O) groups is 1. The van der Waals surface area contributed by atoms with Crippen LogP contribution in [-0.4, -0.2) is 32.1 Å². The number of unbranched alkanes of at least 4 members (excludes halogenated alkanes) is 4. The summed E-state index contributed by atoms with van der Waals surface area (Å²) in [5.41, 5.74) is 2.38. The number of anilines is 2. The smallest absolute Gasteiger partial charge is 0.207 e. The maximum atomic E-state index is 10.8. The van der Waals surface area contributed by atoms with E-state index in [0.29, 0.717) is 12.6 Å². The minimum Gasteiger partial charge on any atom is -0.359 e. The molecule has 1 atom stereocenters. The summed E-state index contributed by atoms with van der Waals surface area (Å²) in [4.78, 5) is 13.2. The van der Waals surface area contributed by atoms with E-state index < -0.39 is 0 Å². The number of nitrogens with one attached hydrogen (secondary N) is 2. The van der Waals surface area contributed by atoms with Gasteiger partial charge >= 0.3 is 0 Å². The number of hydrogen-bond donors (Lipinski definition) is 2. The molecule has 0 bridgehead atoms. The first kappa shape index (κ1) is 23.0. The summed E-state index contributed by atoms with van der Waals surface area (Å²) >= 11 is 0. The molecule has 2 aromatic rings. The molecule has 0 aliphatic rings. The Balaban J connectivity index is 2.01. The zero-order valence-electron chi connectivity index (χ0n) is 17.9. The van der Waals surface area contributed by atoms with Gasteiger partial charge in [0.2, 0.25) is 6.41 Å². The molecule has 0 aliphatic carbocycles. The van der Waals surface area contributed by atoms with Gasteiger partial charge in [-0.25, -0.2) is 0 Å². The molecule has 2 aromatic carbocycles. The van der Waals surface area contributed by atoms with Crippen LogP contribution in [0.4, 0.5) is 11.4 Å². The van der Waals surface area contributed by atoms with E-state index in [4.69, 9.17) is 0 Å². The summed E-state index contributed by atoms with van der Waals surface area (Å²) in [7, 11) is 0. The van der Waals surface area contributed by atoms with Gasteiger partial charge in [0.25, 0.3) is 0 Å². The molecule has 158 valence electrons. The second kappa shape index (κ2) is 14.6. The van der Waals surface area contributed by atoms with Crippen molar-refractivity contribution in [1.29, 1.82) is 0 Å². The zero-order chi connectivity index (χ0) is 20.6. The van der Waals surface area contributed by atoms with E-state index in [1.165, 1.54) is 43.5 Å². The number of benzene rings is 2. The minimum absolute atomic E-state index is 0.305. The highest BCUT2D eigenvalue weighted by atomic mass is 16.1. The van der Waals surface area contributed by atoms with Gasteiger partial charge in [0.15, 0.2) is 0 Å². The Labute approximate surface area is 176 Å². The number of carbonyl (C=O) groups excluding carboxylic acids is 1. The SMILES string of the molecule is CCCCCCCNCCC(CCNC=O)N(c1ccccc1)c1ccccc1. The number of rotatable bonds is 16. The molecule has 1 unspecified atom stereocenters. The van der Waals surface area contributed by atoms with E-state index in [9.17, 15) is 4.79 Å². The van der Waals surface area contributed by atoms with Gasteiger partial charge in [-0.15, -0.1) is 0 Å². The average molecular weight is 396 g/mol. The lowest BCUT2D eigenvalue weighted by Crippen LogP contribution is -2.36. The van der Waals surface area contributed by atoms with E-state index in [-0.39, 0.29) is 0 Å². The summed E-state index contributed by atoms with van der Waals surface area (Å²) in [6, 6.07) is 21.4. The number of nitrogens with zero attached hydrogens (tertiary/aromatic N) is 1. The third kappa shape index (κ3) is 8.70. The van der Waals surface area contributed by atoms with Crippen LogP contribution in [0.15, 0.2) is 60.7 Å². The predicted molar refractivity (Wildman–Crippen MR) is 124 cm³/mol. The van der Waals surface area contributed by atoms with Gasteiger partial charge in [0.05, 0.1) is 0 Å². The fraction of sp³-hybridized carbons (Fsp3) is 0.480. The fourth-order valence-corrected chi connectivity index (χ4v) is 3.71. The second-order valence-corrected chi connectivity index (χ2v) is 7.51. The van der Waals surface area contributed by atoms with Gasteiger partial charge in [0, 0.05) is 24.0 Å². The fourth-order valence-electron chi connectivity index (χ4n) is 3.71.